The fourth-order valence-corrected chi connectivity index (χ4v) is 6.53. The summed E-state index contributed by atoms with van der Waals surface area (Å²) in [6.07, 6.45) is 5.39. The molecule has 0 radical (unpaired) electrons. The lowest BCUT2D eigenvalue weighted by atomic mass is 9.90. The quantitative estimate of drug-likeness (QED) is 0.361. The minimum atomic E-state index is -0.756. The summed E-state index contributed by atoms with van der Waals surface area (Å²) in [5.74, 6) is 0.932. The lowest BCUT2D eigenvalue weighted by Crippen LogP contribution is -2.47. The highest BCUT2D eigenvalue weighted by Crippen LogP contribution is 2.36. The van der Waals surface area contributed by atoms with Crippen LogP contribution in [0.15, 0.2) is 75.8 Å². The number of carbonyl (C=O) groups excluding carboxylic acids is 2. The van der Waals surface area contributed by atoms with Crippen molar-refractivity contribution in [2.75, 3.05) is 32.8 Å². The smallest absolute Gasteiger partial charge is 0.282 e. The van der Waals surface area contributed by atoms with Crippen LogP contribution in [0.25, 0.3) is 22.1 Å². The Hall–Kier alpha value is -3.82. The van der Waals surface area contributed by atoms with Gasteiger partial charge in [-0.3, -0.25) is 19.5 Å². The summed E-state index contributed by atoms with van der Waals surface area (Å²) in [6, 6.07) is 16.4. The van der Waals surface area contributed by atoms with Gasteiger partial charge in [-0.2, -0.15) is 0 Å². The molecule has 2 saturated heterocycles. The molecule has 8 nitrogen and oxygen atoms in total. The molecule has 0 bridgehead atoms. The van der Waals surface area contributed by atoms with Gasteiger partial charge in [-0.25, -0.2) is 4.98 Å². The molecule has 2 aromatic carbocycles. The van der Waals surface area contributed by atoms with Crippen LogP contribution in [0.1, 0.15) is 34.6 Å². The monoisotopic (exact) mass is 540 g/mol. The van der Waals surface area contributed by atoms with E-state index in [1.165, 1.54) is 11.3 Å². The fourth-order valence-electron chi connectivity index (χ4n) is 5.93. The van der Waals surface area contributed by atoms with Gasteiger partial charge in [-0.1, -0.05) is 30.3 Å². The Bertz CT molecular complexity index is 1550. The Morgan fingerprint density at radius 1 is 1.05 bits per heavy atom. The number of ether oxygens (including phenoxy) is 1. The number of likely N-dealkylation sites (tertiary alicyclic amines) is 1. The van der Waals surface area contributed by atoms with Gasteiger partial charge in [0.15, 0.2) is 5.01 Å². The molecule has 9 heteroatoms. The van der Waals surface area contributed by atoms with E-state index in [9.17, 15) is 9.59 Å². The highest BCUT2D eigenvalue weighted by atomic mass is 32.1. The van der Waals surface area contributed by atoms with Gasteiger partial charge < -0.3 is 14.1 Å². The van der Waals surface area contributed by atoms with Crippen LogP contribution in [-0.2, 0) is 9.53 Å². The zero-order chi connectivity index (χ0) is 26.4. The fraction of sp³-hybridized carbons (Fsp3) is 0.333. The van der Waals surface area contributed by atoms with Gasteiger partial charge in [0.05, 0.1) is 6.26 Å². The Morgan fingerprint density at radius 2 is 1.85 bits per heavy atom. The maximum Gasteiger partial charge on any atom is 0.282 e. The zero-order valence-electron chi connectivity index (χ0n) is 21.4. The van der Waals surface area contributed by atoms with Crippen LogP contribution in [0.2, 0.25) is 0 Å². The number of carbonyl (C=O) groups is 2. The zero-order valence-corrected chi connectivity index (χ0v) is 22.2. The summed E-state index contributed by atoms with van der Waals surface area (Å²) in [5, 5.41) is 3.40. The van der Waals surface area contributed by atoms with Crippen molar-refractivity contribution >= 4 is 40.0 Å². The molecule has 7 rings (SSSR count). The van der Waals surface area contributed by atoms with Crippen molar-refractivity contribution in [2.24, 2.45) is 10.9 Å². The molecule has 1 atom stereocenters. The number of benzene rings is 2. The van der Waals surface area contributed by atoms with E-state index >= 15 is 0 Å². The first-order valence-corrected chi connectivity index (χ1v) is 14.2. The summed E-state index contributed by atoms with van der Waals surface area (Å²) in [5.41, 5.74) is 3.23. The highest BCUT2D eigenvalue weighted by Gasteiger charge is 2.50. The third kappa shape index (κ3) is 4.35. The molecule has 3 aliphatic heterocycles. The first kappa shape index (κ1) is 24.2. The van der Waals surface area contributed by atoms with E-state index in [1.54, 1.807) is 12.5 Å². The second-order valence-corrected chi connectivity index (χ2v) is 11.4. The molecule has 2 aromatic heterocycles. The number of nitrogens with zero attached hydrogens (tertiary/aromatic N) is 4. The third-order valence-electron chi connectivity index (χ3n) is 8.10. The maximum atomic E-state index is 13.9. The van der Waals surface area contributed by atoms with Crippen molar-refractivity contribution in [3.63, 3.8) is 0 Å². The molecule has 2 fully saturated rings. The molecule has 39 heavy (non-hydrogen) atoms. The van der Waals surface area contributed by atoms with Crippen LogP contribution < -0.4 is 0 Å². The SMILES string of the molecule is O=C(c1nccs1)N1CC[C@@H](CN2C(=O)C3(CCOCC3)N=C2c2ccc(-c3ccc4occc4c3)cc2)C1. The number of amides is 2. The van der Waals surface area contributed by atoms with Crippen molar-refractivity contribution in [3.8, 4) is 11.1 Å². The Morgan fingerprint density at radius 3 is 2.64 bits per heavy atom. The number of fused-ring (bicyclic) bond motifs is 1. The molecule has 3 aliphatic rings. The predicted octanol–water partition coefficient (Wildman–Crippen LogP) is 4.86. The van der Waals surface area contributed by atoms with Crippen LogP contribution in [0.3, 0.4) is 0 Å². The van der Waals surface area contributed by atoms with Crippen molar-refractivity contribution in [2.45, 2.75) is 24.8 Å². The third-order valence-corrected chi connectivity index (χ3v) is 8.86. The minimum Gasteiger partial charge on any atom is -0.464 e. The summed E-state index contributed by atoms with van der Waals surface area (Å²) in [4.78, 5) is 39.7. The Labute approximate surface area is 229 Å². The first-order valence-electron chi connectivity index (χ1n) is 13.4. The average Bonchev–Trinajstić information content (AvgIpc) is 3.79. The van der Waals surface area contributed by atoms with E-state index in [0.717, 1.165) is 39.9 Å². The molecular formula is C30H28N4O4S. The topological polar surface area (TPSA) is 88.2 Å². The van der Waals surface area contributed by atoms with Gasteiger partial charge in [0.1, 0.15) is 17.0 Å². The average molecular weight is 541 g/mol. The molecule has 198 valence electrons. The molecule has 0 N–H and O–H groups in total. The van der Waals surface area contributed by atoms with E-state index in [-0.39, 0.29) is 17.7 Å². The molecular weight excluding hydrogens is 512 g/mol. The van der Waals surface area contributed by atoms with Crippen molar-refractivity contribution in [1.82, 2.24) is 14.8 Å². The summed E-state index contributed by atoms with van der Waals surface area (Å²) < 4.78 is 11.1. The van der Waals surface area contributed by atoms with Crippen molar-refractivity contribution < 1.29 is 18.7 Å². The van der Waals surface area contributed by atoms with Gasteiger partial charge in [0.2, 0.25) is 0 Å². The molecule has 1 spiro atoms. The van der Waals surface area contributed by atoms with E-state index in [2.05, 4.69) is 41.4 Å². The van der Waals surface area contributed by atoms with Gasteiger partial charge >= 0.3 is 0 Å². The van der Waals surface area contributed by atoms with E-state index < -0.39 is 5.54 Å². The van der Waals surface area contributed by atoms with Gasteiger partial charge in [-0.15, -0.1) is 11.3 Å². The summed E-state index contributed by atoms with van der Waals surface area (Å²) >= 11 is 1.36. The number of rotatable bonds is 5. The number of hydrogen-bond donors (Lipinski definition) is 0. The number of aromatic nitrogens is 1. The highest BCUT2D eigenvalue weighted by molar-refractivity contribution is 7.11. The predicted molar refractivity (Wildman–Crippen MR) is 149 cm³/mol. The molecule has 0 aliphatic carbocycles. The van der Waals surface area contributed by atoms with Gasteiger partial charge in [0.25, 0.3) is 11.8 Å². The standard InChI is InChI=1S/C30H28N4O4S/c35-28(27-31-11-16-39-27)33-12-7-20(18-33)19-34-26(32-30(29(34)36)9-14-37-15-10-30)22-3-1-21(2-4-22)23-5-6-25-24(17-23)8-13-38-25/h1-6,8,11,13,16-17,20H,7,9-10,12,14-15,18-19H2/t20-/m1/s1. The van der Waals surface area contributed by atoms with E-state index in [0.29, 0.717) is 50.7 Å². The maximum absolute atomic E-state index is 13.9. The summed E-state index contributed by atoms with van der Waals surface area (Å²) in [6.45, 7) is 2.89. The summed E-state index contributed by atoms with van der Waals surface area (Å²) in [7, 11) is 0. The number of hydrogen-bond acceptors (Lipinski definition) is 7. The molecule has 0 unspecified atom stereocenters. The molecule has 4 aromatic rings. The molecule has 5 heterocycles. The number of furan rings is 1. The van der Waals surface area contributed by atoms with Gasteiger partial charge in [0, 0.05) is 68.2 Å². The largest absolute Gasteiger partial charge is 0.464 e. The van der Waals surface area contributed by atoms with Gasteiger partial charge in [-0.05, 0) is 41.7 Å². The number of aliphatic imine (C=N–C) groups is 1. The van der Waals surface area contributed by atoms with Crippen LogP contribution in [0.4, 0.5) is 0 Å². The lowest BCUT2D eigenvalue weighted by molar-refractivity contribution is -0.134. The van der Waals surface area contributed by atoms with Crippen LogP contribution in [0.5, 0.6) is 0 Å². The second-order valence-electron chi connectivity index (χ2n) is 10.5. The normalized spacial score (nSPS) is 20.8. The van der Waals surface area contributed by atoms with Crippen molar-refractivity contribution in [3.05, 3.63) is 76.9 Å². The molecule has 2 amide bonds. The van der Waals surface area contributed by atoms with E-state index in [4.69, 9.17) is 14.1 Å². The minimum absolute atomic E-state index is 0.0285. The number of amidine groups is 1. The van der Waals surface area contributed by atoms with E-state index in [1.807, 2.05) is 27.3 Å². The van der Waals surface area contributed by atoms with Crippen LogP contribution in [-0.4, -0.2) is 70.8 Å². The Kier molecular flexibility index (Phi) is 6.05. The molecule has 0 saturated carbocycles. The van der Waals surface area contributed by atoms with Crippen LogP contribution >= 0.6 is 11.3 Å². The van der Waals surface area contributed by atoms with Crippen molar-refractivity contribution in [1.29, 1.82) is 0 Å². The second kappa shape index (κ2) is 9.73. The Balaban J connectivity index is 1.14. The number of thiazole rings is 1. The lowest BCUT2D eigenvalue weighted by Gasteiger charge is -2.30. The van der Waals surface area contributed by atoms with Crippen LogP contribution in [0, 0.1) is 5.92 Å². The first-order chi connectivity index (χ1) is 19.1.